The summed E-state index contributed by atoms with van der Waals surface area (Å²) in [6.45, 7) is 12.9. The van der Waals surface area contributed by atoms with E-state index in [9.17, 15) is 0 Å². The van der Waals surface area contributed by atoms with E-state index in [0.29, 0.717) is 0 Å². The Morgan fingerprint density at radius 2 is 0.650 bits per heavy atom. The Bertz CT molecular complexity index is 2770. The third kappa shape index (κ3) is 9.09. The molecule has 0 spiro atoms. The van der Waals surface area contributed by atoms with E-state index in [1.165, 1.54) is 72.6 Å². The third-order valence-corrected chi connectivity index (χ3v) is 11.2. The van der Waals surface area contributed by atoms with Crippen LogP contribution in [0.5, 0.6) is 0 Å². The molecule has 0 radical (unpaired) electrons. The first-order valence-electron chi connectivity index (χ1n) is 20.8. The molecule has 0 aromatic heterocycles. The van der Waals surface area contributed by atoms with Crippen molar-refractivity contribution in [1.29, 1.82) is 0 Å². The quantitative estimate of drug-likeness (QED) is 0.121. The maximum Gasteiger partial charge on any atom is 0.0490 e. The van der Waals surface area contributed by atoms with Crippen LogP contribution in [0, 0.1) is 41.5 Å². The van der Waals surface area contributed by atoms with Gasteiger partial charge in [-0.1, -0.05) is 168 Å². The number of anilines is 6. The van der Waals surface area contributed by atoms with Crippen LogP contribution >= 0.6 is 0 Å². The smallest absolute Gasteiger partial charge is 0.0490 e. The Hall–Kier alpha value is -7.16. The summed E-state index contributed by atoms with van der Waals surface area (Å²) >= 11 is 0. The maximum atomic E-state index is 2.36. The van der Waals surface area contributed by atoms with Crippen LogP contribution in [0.4, 0.5) is 34.1 Å². The molecule has 2 nitrogen and oxygen atoms in total. The zero-order chi connectivity index (χ0) is 41.6. The summed E-state index contributed by atoms with van der Waals surface area (Å²) in [4.78, 5) is 4.71. The first-order valence-corrected chi connectivity index (χ1v) is 20.8. The minimum absolute atomic E-state index is 1.12. The van der Waals surface area contributed by atoms with Gasteiger partial charge < -0.3 is 9.80 Å². The average Bonchev–Trinajstić information content (AvgIpc) is 3.26. The van der Waals surface area contributed by atoms with E-state index >= 15 is 0 Å². The van der Waals surface area contributed by atoms with Gasteiger partial charge in [0.2, 0.25) is 0 Å². The summed E-state index contributed by atoms with van der Waals surface area (Å²) in [5.74, 6) is 0. The van der Waals surface area contributed by atoms with Gasteiger partial charge in [0, 0.05) is 34.1 Å². The molecule has 0 aliphatic rings. The fourth-order valence-corrected chi connectivity index (χ4v) is 7.96. The molecule has 0 aliphatic heterocycles. The Labute approximate surface area is 357 Å². The monoisotopic (exact) mass is 776 g/mol. The molecule has 0 N–H and O–H groups in total. The van der Waals surface area contributed by atoms with Crippen LogP contribution in [0.15, 0.2) is 194 Å². The molecule has 8 aromatic rings. The average molecular weight is 777 g/mol. The zero-order valence-corrected chi connectivity index (χ0v) is 35.5. The lowest BCUT2D eigenvalue weighted by Crippen LogP contribution is -2.11. The number of aryl methyl sites for hydroxylation is 6. The molecule has 0 heterocycles. The van der Waals surface area contributed by atoms with Crippen molar-refractivity contribution in [3.05, 3.63) is 239 Å². The van der Waals surface area contributed by atoms with Crippen molar-refractivity contribution in [1.82, 2.24) is 0 Å². The Balaban J connectivity index is 1.01. The van der Waals surface area contributed by atoms with Crippen LogP contribution in [-0.2, 0) is 0 Å². The van der Waals surface area contributed by atoms with Crippen LogP contribution in [0.2, 0.25) is 0 Å². The fourth-order valence-electron chi connectivity index (χ4n) is 7.96. The van der Waals surface area contributed by atoms with Gasteiger partial charge in [-0.3, -0.25) is 0 Å². The standard InChI is InChI=1S/C58H52N2/c1-41-14-28-53(29-15-41)59(57-36-16-43(3)38-45(57)5)55-32-24-51(25-33-55)49-20-22-50(23-21-49)52-26-34-56(35-27-52)60(58-37-17-44(4)39-46(58)6)54-30-18-47(19-31-54)11-7-8-12-48-13-9-10-42(2)40-48/h7-40H,1-6H3/b11-7-,12-8?. The molecule has 2 heteroatoms. The van der Waals surface area contributed by atoms with E-state index in [1.54, 1.807) is 0 Å². The van der Waals surface area contributed by atoms with Crippen molar-refractivity contribution >= 4 is 46.3 Å². The highest BCUT2D eigenvalue weighted by molar-refractivity contribution is 5.82. The van der Waals surface area contributed by atoms with E-state index in [1.807, 2.05) is 0 Å². The van der Waals surface area contributed by atoms with Crippen molar-refractivity contribution in [2.75, 3.05) is 9.80 Å². The molecule has 0 bridgehead atoms. The van der Waals surface area contributed by atoms with E-state index in [4.69, 9.17) is 0 Å². The number of allylic oxidation sites excluding steroid dienone is 2. The molecular formula is C58H52N2. The van der Waals surface area contributed by atoms with Gasteiger partial charge in [0.05, 0.1) is 0 Å². The predicted octanol–water partition coefficient (Wildman–Crippen LogP) is 16.5. The van der Waals surface area contributed by atoms with Gasteiger partial charge in [-0.25, -0.2) is 0 Å². The van der Waals surface area contributed by atoms with Gasteiger partial charge in [-0.15, -0.1) is 0 Å². The number of nitrogens with zero attached hydrogens (tertiary/aromatic N) is 2. The number of benzene rings is 8. The van der Waals surface area contributed by atoms with Crippen LogP contribution < -0.4 is 9.80 Å². The van der Waals surface area contributed by atoms with Crippen LogP contribution in [0.25, 0.3) is 34.4 Å². The highest BCUT2D eigenvalue weighted by Crippen LogP contribution is 2.40. The van der Waals surface area contributed by atoms with Gasteiger partial charge in [0.1, 0.15) is 0 Å². The molecule has 60 heavy (non-hydrogen) atoms. The van der Waals surface area contributed by atoms with Gasteiger partial charge in [0.25, 0.3) is 0 Å². The van der Waals surface area contributed by atoms with Crippen molar-refractivity contribution in [3.8, 4) is 22.3 Å². The highest BCUT2D eigenvalue weighted by atomic mass is 15.1. The van der Waals surface area contributed by atoms with Crippen molar-refractivity contribution in [2.24, 2.45) is 0 Å². The summed E-state index contributed by atoms with van der Waals surface area (Å²) in [7, 11) is 0. The van der Waals surface area contributed by atoms with E-state index < -0.39 is 0 Å². The molecule has 0 unspecified atom stereocenters. The lowest BCUT2D eigenvalue weighted by molar-refractivity contribution is 1.23. The number of hydrogen-bond acceptors (Lipinski definition) is 2. The Kier molecular flexibility index (Phi) is 11.7. The molecule has 0 fully saturated rings. The highest BCUT2D eigenvalue weighted by Gasteiger charge is 2.17. The third-order valence-electron chi connectivity index (χ3n) is 11.2. The maximum absolute atomic E-state index is 2.36. The van der Waals surface area contributed by atoms with Crippen molar-refractivity contribution in [2.45, 2.75) is 41.5 Å². The van der Waals surface area contributed by atoms with Crippen molar-refractivity contribution < 1.29 is 0 Å². The van der Waals surface area contributed by atoms with E-state index in [0.717, 1.165) is 28.3 Å². The second kappa shape index (κ2) is 17.8. The SMILES string of the molecule is Cc1ccc(N(c2ccc(-c3ccc(-c4ccc(N(c5ccc(/C=C\C=Cc6cccc(C)c6)cc5)c5ccc(C)cc5C)cc4)cc3)cc2)c2ccc(C)cc2C)cc1. The van der Waals surface area contributed by atoms with E-state index in [-0.39, 0.29) is 0 Å². The molecule has 8 aromatic carbocycles. The molecule has 294 valence electrons. The van der Waals surface area contributed by atoms with Crippen LogP contribution in [0.3, 0.4) is 0 Å². The predicted molar refractivity (Wildman–Crippen MR) is 260 cm³/mol. The molecule has 0 saturated carbocycles. The Morgan fingerprint density at radius 3 is 1.07 bits per heavy atom. The molecule has 0 saturated heterocycles. The lowest BCUT2D eigenvalue weighted by atomic mass is 9.99. The zero-order valence-electron chi connectivity index (χ0n) is 35.5. The minimum atomic E-state index is 1.12. The van der Waals surface area contributed by atoms with Crippen molar-refractivity contribution in [3.63, 3.8) is 0 Å². The number of hydrogen-bond donors (Lipinski definition) is 0. The first-order chi connectivity index (χ1) is 29.2. The number of rotatable bonds is 11. The van der Waals surface area contributed by atoms with Gasteiger partial charge in [0.15, 0.2) is 0 Å². The first kappa shape index (κ1) is 39.7. The van der Waals surface area contributed by atoms with Gasteiger partial charge in [-0.05, 0) is 147 Å². The van der Waals surface area contributed by atoms with Gasteiger partial charge >= 0.3 is 0 Å². The summed E-state index contributed by atoms with van der Waals surface area (Å²) in [6.07, 6.45) is 8.50. The summed E-state index contributed by atoms with van der Waals surface area (Å²) < 4.78 is 0. The van der Waals surface area contributed by atoms with Gasteiger partial charge in [-0.2, -0.15) is 0 Å². The van der Waals surface area contributed by atoms with Crippen LogP contribution in [0.1, 0.15) is 44.5 Å². The second-order valence-electron chi connectivity index (χ2n) is 16.0. The van der Waals surface area contributed by atoms with E-state index in [2.05, 4.69) is 258 Å². The fraction of sp³-hybridized carbons (Fsp3) is 0.103. The molecular weight excluding hydrogens is 725 g/mol. The largest absolute Gasteiger partial charge is 0.310 e. The normalized spacial score (nSPS) is 11.4. The topological polar surface area (TPSA) is 6.48 Å². The molecule has 0 aliphatic carbocycles. The lowest BCUT2D eigenvalue weighted by Gasteiger charge is -2.27. The molecule has 8 rings (SSSR count). The van der Waals surface area contributed by atoms with Crippen LogP contribution in [-0.4, -0.2) is 0 Å². The molecule has 0 atom stereocenters. The molecule has 0 amide bonds. The Morgan fingerprint density at radius 1 is 0.300 bits per heavy atom. The summed E-state index contributed by atoms with van der Waals surface area (Å²) in [6, 6.07) is 66.3. The summed E-state index contributed by atoms with van der Waals surface area (Å²) in [5, 5.41) is 0. The summed E-state index contributed by atoms with van der Waals surface area (Å²) in [5.41, 5.74) is 21.5. The second-order valence-corrected chi connectivity index (χ2v) is 16.0. The minimum Gasteiger partial charge on any atom is -0.310 e.